The van der Waals surface area contributed by atoms with Crippen molar-refractivity contribution in [3.05, 3.63) is 113 Å². The van der Waals surface area contributed by atoms with Gasteiger partial charge in [0.25, 0.3) is 5.91 Å². The Labute approximate surface area is 228 Å². The molecule has 2 N–H and O–H groups in total. The molecule has 4 rings (SSSR count). The quantitative estimate of drug-likeness (QED) is 0.206. The first-order valence-corrected chi connectivity index (χ1v) is 13.1. The van der Waals surface area contributed by atoms with Crippen LogP contribution in [0.4, 0.5) is 11.4 Å². The normalized spacial score (nSPS) is 11.3. The van der Waals surface area contributed by atoms with Crippen LogP contribution < -0.4 is 20.1 Å². The van der Waals surface area contributed by atoms with Crippen molar-refractivity contribution < 1.29 is 19.1 Å². The number of carbonyl (C=O) groups is 2. The van der Waals surface area contributed by atoms with E-state index in [2.05, 4.69) is 26.6 Å². The average Bonchev–Trinajstić information content (AvgIpc) is 2.93. The van der Waals surface area contributed by atoms with Gasteiger partial charge in [-0.05, 0) is 66.2 Å². The number of halogens is 1. The fraction of sp³-hybridized carbons (Fsp3) is 0.103. The zero-order valence-corrected chi connectivity index (χ0v) is 22.6. The second-order valence-electron chi connectivity index (χ2n) is 7.92. The van der Waals surface area contributed by atoms with Crippen LogP contribution >= 0.6 is 27.7 Å². The Morgan fingerprint density at radius 3 is 1.89 bits per heavy atom. The van der Waals surface area contributed by atoms with E-state index in [0.717, 1.165) is 20.6 Å². The highest BCUT2D eigenvalue weighted by Gasteiger charge is 2.23. The number of benzene rings is 4. The summed E-state index contributed by atoms with van der Waals surface area (Å²) in [7, 11) is 3.02. The van der Waals surface area contributed by atoms with Crippen LogP contribution in [0.15, 0.2) is 106 Å². The Balaban J connectivity index is 1.50. The molecule has 0 spiro atoms. The summed E-state index contributed by atoms with van der Waals surface area (Å²) < 4.78 is 11.6. The SMILES string of the molecule is COc1cccc(OC)c1C(=O)Nc1ccc(SC(C(=O)Nc2ccc(Br)cc2)c2ccccc2)cc1. The molecular formula is C29H25BrN2O4S. The summed E-state index contributed by atoms with van der Waals surface area (Å²) in [5, 5.41) is 5.42. The van der Waals surface area contributed by atoms with Crippen LogP contribution in [0, 0.1) is 0 Å². The van der Waals surface area contributed by atoms with E-state index in [1.54, 1.807) is 30.3 Å². The van der Waals surface area contributed by atoms with Crippen LogP contribution in [0.2, 0.25) is 0 Å². The number of hydrogen-bond acceptors (Lipinski definition) is 5. The molecule has 0 aliphatic carbocycles. The summed E-state index contributed by atoms with van der Waals surface area (Å²) >= 11 is 4.85. The summed E-state index contributed by atoms with van der Waals surface area (Å²) in [6.45, 7) is 0. The topological polar surface area (TPSA) is 76.7 Å². The molecule has 0 bridgehead atoms. The lowest BCUT2D eigenvalue weighted by Crippen LogP contribution is -2.19. The first kappa shape index (κ1) is 26.3. The fourth-order valence-electron chi connectivity index (χ4n) is 3.66. The van der Waals surface area contributed by atoms with Crippen molar-refractivity contribution in [1.82, 2.24) is 0 Å². The number of nitrogens with one attached hydrogen (secondary N) is 2. The number of methoxy groups -OCH3 is 2. The van der Waals surface area contributed by atoms with E-state index < -0.39 is 5.25 Å². The highest BCUT2D eigenvalue weighted by molar-refractivity contribution is 9.10. The van der Waals surface area contributed by atoms with Gasteiger partial charge in [0.1, 0.15) is 22.3 Å². The minimum Gasteiger partial charge on any atom is -0.496 e. The molecule has 0 heterocycles. The number of amides is 2. The van der Waals surface area contributed by atoms with Crippen molar-refractivity contribution in [2.24, 2.45) is 0 Å². The largest absolute Gasteiger partial charge is 0.496 e. The Kier molecular flexibility index (Phi) is 8.87. The molecule has 4 aromatic rings. The maximum atomic E-state index is 13.3. The highest BCUT2D eigenvalue weighted by atomic mass is 79.9. The monoisotopic (exact) mass is 576 g/mol. The molecule has 188 valence electrons. The maximum absolute atomic E-state index is 13.3. The Morgan fingerprint density at radius 2 is 1.30 bits per heavy atom. The summed E-state index contributed by atoms with van der Waals surface area (Å²) in [6, 6.07) is 29.6. The van der Waals surface area contributed by atoms with Gasteiger partial charge in [-0.25, -0.2) is 0 Å². The van der Waals surface area contributed by atoms with Crippen molar-refractivity contribution in [2.75, 3.05) is 24.9 Å². The first-order chi connectivity index (χ1) is 18.0. The van der Waals surface area contributed by atoms with E-state index in [4.69, 9.17) is 9.47 Å². The summed E-state index contributed by atoms with van der Waals surface area (Å²) in [4.78, 5) is 27.1. The van der Waals surface area contributed by atoms with Crippen molar-refractivity contribution in [3.63, 3.8) is 0 Å². The molecule has 0 radical (unpaired) electrons. The van der Waals surface area contributed by atoms with E-state index in [-0.39, 0.29) is 11.8 Å². The van der Waals surface area contributed by atoms with Crippen molar-refractivity contribution in [3.8, 4) is 11.5 Å². The molecular weight excluding hydrogens is 552 g/mol. The van der Waals surface area contributed by atoms with E-state index in [1.165, 1.54) is 26.0 Å². The second-order valence-corrected chi connectivity index (χ2v) is 10.0. The van der Waals surface area contributed by atoms with Crippen LogP contribution in [0.1, 0.15) is 21.2 Å². The van der Waals surface area contributed by atoms with Gasteiger partial charge in [0.15, 0.2) is 0 Å². The van der Waals surface area contributed by atoms with Gasteiger partial charge in [0, 0.05) is 20.7 Å². The number of ether oxygens (including phenoxy) is 2. The third-order valence-corrected chi connectivity index (χ3v) is 7.27. The molecule has 2 amide bonds. The van der Waals surface area contributed by atoms with Crippen molar-refractivity contribution >= 4 is 50.9 Å². The van der Waals surface area contributed by atoms with Gasteiger partial charge < -0.3 is 20.1 Å². The zero-order valence-electron chi connectivity index (χ0n) is 20.2. The smallest absolute Gasteiger partial charge is 0.263 e. The van der Waals surface area contributed by atoms with Gasteiger partial charge >= 0.3 is 0 Å². The third kappa shape index (κ3) is 6.72. The van der Waals surface area contributed by atoms with E-state index in [0.29, 0.717) is 22.7 Å². The average molecular weight is 578 g/mol. The Hall–Kier alpha value is -3.75. The molecule has 8 heteroatoms. The third-order valence-electron chi connectivity index (χ3n) is 5.47. The lowest BCUT2D eigenvalue weighted by molar-refractivity contribution is -0.115. The number of anilines is 2. The molecule has 0 saturated heterocycles. The lowest BCUT2D eigenvalue weighted by Gasteiger charge is -2.18. The highest BCUT2D eigenvalue weighted by Crippen LogP contribution is 2.37. The number of carbonyl (C=O) groups excluding carboxylic acids is 2. The number of rotatable bonds is 9. The van der Waals surface area contributed by atoms with Gasteiger partial charge in [-0.15, -0.1) is 11.8 Å². The molecule has 1 unspecified atom stereocenters. The lowest BCUT2D eigenvalue weighted by atomic mass is 10.1. The minimum atomic E-state index is -0.469. The molecule has 37 heavy (non-hydrogen) atoms. The number of thioether (sulfide) groups is 1. The van der Waals surface area contributed by atoms with E-state index in [1.807, 2.05) is 66.7 Å². The standard InChI is InChI=1S/C29H25BrN2O4S/c1-35-24-9-6-10-25(36-2)26(24)28(33)31-22-15-17-23(18-16-22)37-27(19-7-4-3-5-8-19)29(34)32-21-13-11-20(30)12-14-21/h3-18,27H,1-2H3,(H,31,33)(H,32,34). The molecule has 0 aliphatic heterocycles. The van der Waals surface area contributed by atoms with Crippen LogP contribution in [-0.4, -0.2) is 26.0 Å². The predicted octanol–water partition coefficient (Wildman–Crippen LogP) is 7.19. The second kappa shape index (κ2) is 12.5. The van der Waals surface area contributed by atoms with Gasteiger partial charge in [-0.1, -0.05) is 52.3 Å². The molecule has 0 fully saturated rings. The summed E-state index contributed by atoms with van der Waals surface area (Å²) in [5.74, 6) is 0.378. The fourth-order valence-corrected chi connectivity index (χ4v) is 4.95. The van der Waals surface area contributed by atoms with Crippen molar-refractivity contribution in [2.45, 2.75) is 10.1 Å². The van der Waals surface area contributed by atoms with E-state index >= 15 is 0 Å². The van der Waals surface area contributed by atoms with Gasteiger partial charge in [0.2, 0.25) is 5.91 Å². The Bertz CT molecular complexity index is 1340. The maximum Gasteiger partial charge on any atom is 0.263 e. The number of hydrogen-bond donors (Lipinski definition) is 2. The van der Waals surface area contributed by atoms with Crippen molar-refractivity contribution in [1.29, 1.82) is 0 Å². The van der Waals surface area contributed by atoms with Gasteiger partial charge in [-0.2, -0.15) is 0 Å². The molecule has 0 saturated carbocycles. The zero-order chi connectivity index (χ0) is 26.2. The molecule has 0 aliphatic rings. The van der Waals surface area contributed by atoms with Gasteiger partial charge in [0.05, 0.1) is 14.2 Å². The molecule has 4 aromatic carbocycles. The first-order valence-electron chi connectivity index (χ1n) is 11.4. The van der Waals surface area contributed by atoms with Crippen LogP contribution in [-0.2, 0) is 4.79 Å². The van der Waals surface area contributed by atoms with E-state index in [9.17, 15) is 9.59 Å². The summed E-state index contributed by atoms with van der Waals surface area (Å²) in [6.07, 6.45) is 0. The predicted molar refractivity (Wildman–Crippen MR) is 152 cm³/mol. The van der Waals surface area contributed by atoms with Crippen LogP contribution in [0.5, 0.6) is 11.5 Å². The molecule has 0 aromatic heterocycles. The summed E-state index contributed by atoms with van der Waals surface area (Å²) in [5.41, 5.74) is 2.54. The minimum absolute atomic E-state index is 0.126. The van der Waals surface area contributed by atoms with Crippen LogP contribution in [0.25, 0.3) is 0 Å². The van der Waals surface area contributed by atoms with Gasteiger partial charge in [-0.3, -0.25) is 9.59 Å². The van der Waals surface area contributed by atoms with Crippen LogP contribution in [0.3, 0.4) is 0 Å². The Morgan fingerprint density at radius 1 is 0.730 bits per heavy atom. The molecule has 6 nitrogen and oxygen atoms in total. The molecule has 1 atom stereocenters.